The topological polar surface area (TPSA) is 101 Å². The van der Waals surface area contributed by atoms with Crippen molar-refractivity contribution in [1.82, 2.24) is 0 Å². The zero-order valence-corrected chi connectivity index (χ0v) is 11.3. The second-order valence-electron chi connectivity index (χ2n) is 3.97. The fraction of sp³-hybridized carbons (Fsp3) is 0.143. The molecule has 1 amide bonds. The Morgan fingerprint density at radius 1 is 1.19 bits per heavy atom. The Morgan fingerprint density at radius 3 is 2.38 bits per heavy atom. The van der Waals surface area contributed by atoms with E-state index in [1.807, 2.05) is 0 Å². The summed E-state index contributed by atoms with van der Waals surface area (Å²) in [6.07, 6.45) is 1.34. The van der Waals surface area contributed by atoms with Gasteiger partial charge in [-0.05, 0) is 18.2 Å². The zero-order valence-electron chi connectivity index (χ0n) is 11.3. The molecule has 0 aliphatic rings. The van der Waals surface area contributed by atoms with Gasteiger partial charge in [-0.25, -0.2) is 0 Å². The third-order valence-corrected chi connectivity index (χ3v) is 2.74. The Bertz CT molecular complexity index is 662. The highest BCUT2D eigenvalue weighted by Gasteiger charge is 2.16. The number of hydrogen-bond donors (Lipinski definition) is 1. The molecule has 110 valence electrons. The fourth-order valence-corrected chi connectivity index (χ4v) is 1.74. The Balaban J connectivity index is 2.41. The highest BCUT2D eigenvalue weighted by atomic mass is 16.5. The minimum Gasteiger partial charge on any atom is -0.545 e. The Hall–Kier alpha value is -2.96. The van der Waals surface area contributed by atoms with E-state index < -0.39 is 11.9 Å². The van der Waals surface area contributed by atoms with E-state index in [0.29, 0.717) is 0 Å². The predicted octanol–water partition coefficient (Wildman–Crippen LogP) is 0.913. The molecular weight excluding hydrogens is 278 g/mol. The molecule has 0 saturated carbocycles. The number of rotatable bonds is 5. The van der Waals surface area contributed by atoms with Crippen LogP contribution in [-0.4, -0.2) is 26.1 Å². The van der Waals surface area contributed by atoms with E-state index in [1.165, 1.54) is 38.7 Å². The fourth-order valence-electron chi connectivity index (χ4n) is 1.74. The third kappa shape index (κ3) is 2.97. The summed E-state index contributed by atoms with van der Waals surface area (Å²) < 4.78 is 15.0. The van der Waals surface area contributed by atoms with E-state index in [2.05, 4.69) is 5.32 Å². The van der Waals surface area contributed by atoms with Crippen molar-refractivity contribution in [2.24, 2.45) is 0 Å². The second kappa shape index (κ2) is 6.00. The average Bonchev–Trinajstić information content (AvgIpc) is 3.00. The summed E-state index contributed by atoms with van der Waals surface area (Å²) >= 11 is 0. The number of hydrogen-bond acceptors (Lipinski definition) is 6. The maximum atomic E-state index is 11.9. The first-order valence-electron chi connectivity index (χ1n) is 5.89. The first-order valence-corrected chi connectivity index (χ1v) is 5.89. The number of carboxylic acid groups (broad SMARTS) is 1. The molecule has 1 aromatic heterocycles. The van der Waals surface area contributed by atoms with E-state index in [0.717, 1.165) is 0 Å². The van der Waals surface area contributed by atoms with Crippen LogP contribution in [0.4, 0.5) is 5.69 Å². The number of nitrogens with one attached hydrogen (secondary N) is 1. The molecule has 0 unspecified atom stereocenters. The highest BCUT2D eigenvalue weighted by Crippen LogP contribution is 2.33. The largest absolute Gasteiger partial charge is 0.545 e. The molecule has 1 heterocycles. The maximum Gasteiger partial charge on any atom is 0.291 e. The molecule has 0 bridgehead atoms. The van der Waals surface area contributed by atoms with Crippen LogP contribution in [0.2, 0.25) is 0 Å². The molecule has 0 saturated heterocycles. The van der Waals surface area contributed by atoms with Gasteiger partial charge >= 0.3 is 0 Å². The van der Waals surface area contributed by atoms with Crippen LogP contribution in [0.3, 0.4) is 0 Å². The van der Waals surface area contributed by atoms with Crippen molar-refractivity contribution in [2.45, 2.75) is 0 Å². The summed E-state index contributed by atoms with van der Waals surface area (Å²) in [6, 6.07) is 5.55. The molecule has 1 N–H and O–H groups in total. The van der Waals surface area contributed by atoms with Gasteiger partial charge in [0.25, 0.3) is 5.91 Å². The molecular formula is C14H12NO6-. The quantitative estimate of drug-likeness (QED) is 0.878. The molecule has 0 fully saturated rings. The van der Waals surface area contributed by atoms with E-state index >= 15 is 0 Å². The van der Waals surface area contributed by atoms with Gasteiger partial charge in [0.2, 0.25) is 0 Å². The monoisotopic (exact) mass is 290 g/mol. The van der Waals surface area contributed by atoms with E-state index in [9.17, 15) is 14.7 Å². The van der Waals surface area contributed by atoms with Gasteiger partial charge in [-0.1, -0.05) is 0 Å². The van der Waals surface area contributed by atoms with Crippen LogP contribution in [0.1, 0.15) is 20.9 Å². The van der Waals surface area contributed by atoms with Gasteiger partial charge in [0.1, 0.15) is 0 Å². The molecule has 2 aromatic rings. The lowest BCUT2D eigenvalue weighted by Gasteiger charge is -2.15. The Kier molecular flexibility index (Phi) is 4.13. The Labute approximate surface area is 120 Å². The minimum atomic E-state index is -1.45. The smallest absolute Gasteiger partial charge is 0.291 e. The molecule has 1 aromatic carbocycles. The maximum absolute atomic E-state index is 11.9. The number of benzene rings is 1. The summed E-state index contributed by atoms with van der Waals surface area (Å²) in [7, 11) is 2.77. The number of carbonyl (C=O) groups excluding carboxylic acids is 2. The lowest BCUT2D eigenvalue weighted by molar-refractivity contribution is -0.254. The minimum absolute atomic E-state index is 0.0223. The standard InChI is InChI=1S/C14H13NO6/c1-19-11-6-8(14(17)18)9(7-12(11)20-2)15-13(16)10-4-3-5-21-10/h3-7H,1-2H3,(H,15,16)(H,17,18)/p-1. The molecule has 7 heteroatoms. The van der Waals surface area contributed by atoms with Gasteiger partial charge in [0, 0.05) is 11.6 Å². The predicted molar refractivity (Wildman–Crippen MR) is 70.5 cm³/mol. The van der Waals surface area contributed by atoms with Crippen LogP contribution in [0.25, 0.3) is 0 Å². The van der Waals surface area contributed by atoms with Crippen molar-refractivity contribution < 1.29 is 28.6 Å². The third-order valence-electron chi connectivity index (χ3n) is 2.74. The summed E-state index contributed by atoms with van der Waals surface area (Å²) in [6.45, 7) is 0. The van der Waals surface area contributed by atoms with Crippen LogP contribution in [-0.2, 0) is 0 Å². The molecule has 0 atom stereocenters. The SMILES string of the molecule is COc1cc(NC(=O)c2ccco2)c(C(=O)[O-])cc1OC. The Morgan fingerprint density at radius 2 is 1.86 bits per heavy atom. The lowest BCUT2D eigenvalue weighted by Crippen LogP contribution is -2.25. The molecule has 2 rings (SSSR count). The number of furan rings is 1. The van der Waals surface area contributed by atoms with Crippen molar-refractivity contribution in [2.75, 3.05) is 19.5 Å². The lowest BCUT2D eigenvalue weighted by atomic mass is 10.1. The molecule has 0 aliphatic heterocycles. The van der Waals surface area contributed by atoms with Gasteiger partial charge in [0.05, 0.1) is 32.1 Å². The average molecular weight is 290 g/mol. The summed E-state index contributed by atoms with van der Waals surface area (Å²) in [5.74, 6) is -1.50. The van der Waals surface area contributed by atoms with E-state index in [-0.39, 0.29) is 28.5 Å². The normalized spacial score (nSPS) is 10.0. The molecule has 7 nitrogen and oxygen atoms in total. The van der Waals surface area contributed by atoms with E-state index in [4.69, 9.17) is 13.9 Å². The number of carbonyl (C=O) groups is 2. The number of carboxylic acids is 1. The van der Waals surface area contributed by atoms with Crippen LogP contribution in [0, 0.1) is 0 Å². The van der Waals surface area contributed by atoms with Crippen molar-refractivity contribution in [1.29, 1.82) is 0 Å². The van der Waals surface area contributed by atoms with Crippen molar-refractivity contribution in [3.05, 3.63) is 41.9 Å². The molecule has 0 radical (unpaired) electrons. The molecule has 0 aliphatic carbocycles. The second-order valence-corrected chi connectivity index (χ2v) is 3.97. The van der Waals surface area contributed by atoms with Gasteiger partial charge in [-0.2, -0.15) is 0 Å². The number of anilines is 1. The zero-order chi connectivity index (χ0) is 15.4. The number of aromatic carboxylic acids is 1. The molecule has 0 spiro atoms. The highest BCUT2D eigenvalue weighted by molar-refractivity contribution is 6.06. The van der Waals surface area contributed by atoms with Gasteiger partial charge < -0.3 is 29.1 Å². The van der Waals surface area contributed by atoms with Crippen LogP contribution in [0.15, 0.2) is 34.9 Å². The van der Waals surface area contributed by atoms with Crippen LogP contribution >= 0.6 is 0 Å². The van der Waals surface area contributed by atoms with Gasteiger partial charge in [-0.15, -0.1) is 0 Å². The van der Waals surface area contributed by atoms with Gasteiger partial charge in [0.15, 0.2) is 17.3 Å². The van der Waals surface area contributed by atoms with Crippen molar-refractivity contribution in [3.8, 4) is 11.5 Å². The first kappa shape index (κ1) is 14.4. The summed E-state index contributed by atoms with van der Waals surface area (Å²) in [5, 5.41) is 13.6. The van der Waals surface area contributed by atoms with Crippen LogP contribution < -0.4 is 19.9 Å². The first-order chi connectivity index (χ1) is 10.1. The van der Waals surface area contributed by atoms with Crippen molar-refractivity contribution >= 4 is 17.6 Å². The van der Waals surface area contributed by atoms with Crippen molar-refractivity contribution in [3.63, 3.8) is 0 Å². The summed E-state index contributed by atoms with van der Waals surface area (Å²) in [5.41, 5.74) is -0.207. The number of methoxy groups -OCH3 is 2. The van der Waals surface area contributed by atoms with E-state index in [1.54, 1.807) is 6.07 Å². The number of amides is 1. The van der Waals surface area contributed by atoms with Crippen LogP contribution in [0.5, 0.6) is 11.5 Å². The molecule has 21 heavy (non-hydrogen) atoms. The van der Waals surface area contributed by atoms with Gasteiger partial charge in [-0.3, -0.25) is 4.79 Å². The summed E-state index contributed by atoms with van der Waals surface area (Å²) in [4.78, 5) is 23.1. The number of ether oxygens (including phenoxy) is 2.